The van der Waals surface area contributed by atoms with Gasteiger partial charge in [0.05, 0.1) is 0 Å². The molecule has 0 bridgehead atoms. The Morgan fingerprint density at radius 1 is 1.12 bits per heavy atom. The lowest BCUT2D eigenvalue weighted by Gasteiger charge is -2.08. The summed E-state index contributed by atoms with van der Waals surface area (Å²) in [5, 5.41) is 7.68. The van der Waals surface area contributed by atoms with Crippen LogP contribution in [0.1, 0.15) is 18.9 Å². The van der Waals surface area contributed by atoms with Gasteiger partial charge < -0.3 is 4.74 Å². The molecule has 0 unspecified atom stereocenters. The van der Waals surface area contributed by atoms with Crippen LogP contribution in [0, 0.1) is 0 Å². The second kappa shape index (κ2) is 5.26. The highest BCUT2D eigenvalue weighted by molar-refractivity contribution is 5.35. The number of ether oxygens (including phenoxy) is 1. The topological polar surface area (TPSA) is 35.0 Å². The molecular formula is C13H14N2O. The molecule has 2 rings (SSSR count). The standard InChI is InChI=1S/C13H14N2O/c1-2-6-11-7-3-4-8-12(11)16-13-9-5-10-14-15-13/h3-5,7-10H,2,6H2,1H3. The van der Waals surface area contributed by atoms with Gasteiger partial charge in [-0.25, -0.2) is 0 Å². The fourth-order valence-electron chi connectivity index (χ4n) is 1.53. The first-order valence-electron chi connectivity index (χ1n) is 5.43. The first-order valence-corrected chi connectivity index (χ1v) is 5.43. The summed E-state index contributed by atoms with van der Waals surface area (Å²) in [7, 11) is 0. The van der Waals surface area contributed by atoms with Gasteiger partial charge in [0.2, 0.25) is 5.88 Å². The molecule has 3 nitrogen and oxygen atoms in total. The summed E-state index contributed by atoms with van der Waals surface area (Å²) >= 11 is 0. The molecule has 16 heavy (non-hydrogen) atoms. The SMILES string of the molecule is CCCc1ccccc1Oc1cccnn1. The Morgan fingerprint density at radius 3 is 2.75 bits per heavy atom. The molecule has 0 saturated heterocycles. The molecule has 82 valence electrons. The molecule has 0 saturated carbocycles. The molecule has 3 heteroatoms. The molecule has 2 aromatic rings. The van der Waals surface area contributed by atoms with E-state index in [2.05, 4.69) is 23.2 Å². The van der Waals surface area contributed by atoms with Crippen molar-refractivity contribution in [2.45, 2.75) is 19.8 Å². The number of hydrogen-bond acceptors (Lipinski definition) is 3. The van der Waals surface area contributed by atoms with Crippen molar-refractivity contribution < 1.29 is 4.74 Å². The van der Waals surface area contributed by atoms with E-state index in [1.165, 1.54) is 5.56 Å². The lowest BCUT2D eigenvalue weighted by molar-refractivity contribution is 0.449. The fraction of sp³-hybridized carbons (Fsp3) is 0.231. The molecule has 0 aliphatic heterocycles. The van der Waals surface area contributed by atoms with Gasteiger partial charge in [-0.15, -0.1) is 5.10 Å². The molecule has 0 aliphatic carbocycles. The number of nitrogens with zero attached hydrogens (tertiary/aromatic N) is 2. The van der Waals surface area contributed by atoms with E-state index < -0.39 is 0 Å². The minimum absolute atomic E-state index is 0.533. The van der Waals surface area contributed by atoms with E-state index in [9.17, 15) is 0 Å². The highest BCUT2D eigenvalue weighted by Crippen LogP contribution is 2.24. The summed E-state index contributed by atoms with van der Waals surface area (Å²) in [6.07, 6.45) is 3.74. The van der Waals surface area contributed by atoms with Gasteiger partial charge in [-0.05, 0) is 24.1 Å². The number of para-hydroxylation sites is 1. The summed E-state index contributed by atoms with van der Waals surface area (Å²) in [6.45, 7) is 2.15. The third kappa shape index (κ3) is 2.57. The molecule has 0 N–H and O–H groups in total. The zero-order chi connectivity index (χ0) is 11.2. The van der Waals surface area contributed by atoms with Crippen LogP contribution in [-0.2, 0) is 6.42 Å². The van der Waals surface area contributed by atoms with Gasteiger partial charge >= 0.3 is 0 Å². The molecule has 0 aliphatic rings. The van der Waals surface area contributed by atoms with E-state index in [1.807, 2.05) is 24.3 Å². The Labute approximate surface area is 95.1 Å². The van der Waals surface area contributed by atoms with E-state index in [4.69, 9.17) is 4.74 Å². The van der Waals surface area contributed by atoms with Crippen molar-refractivity contribution in [2.75, 3.05) is 0 Å². The van der Waals surface area contributed by atoms with Gasteiger partial charge in [-0.1, -0.05) is 31.5 Å². The molecule has 1 aromatic heterocycles. The number of aromatic nitrogens is 2. The molecular weight excluding hydrogens is 200 g/mol. The predicted molar refractivity (Wildman–Crippen MR) is 62.5 cm³/mol. The number of benzene rings is 1. The van der Waals surface area contributed by atoms with Crippen molar-refractivity contribution >= 4 is 0 Å². The third-order valence-corrected chi connectivity index (χ3v) is 2.25. The smallest absolute Gasteiger partial charge is 0.238 e. The predicted octanol–water partition coefficient (Wildman–Crippen LogP) is 3.22. The number of aryl methyl sites for hydroxylation is 1. The normalized spacial score (nSPS) is 10.1. The number of hydrogen-bond donors (Lipinski definition) is 0. The van der Waals surface area contributed by atoms with Gasteiger partial charge in [0.1, 0.15) is 5.75 Å². The minimum atomic E-state index is 0.533. The second-order valence-electron chi connectivity index (χ2n) is 3.52. The van der Waals surface area contributed by atoms with E-state index in [0.29, 0.717) is 5.88 Å². The van der Waals surface area contributed by atoms with Gasteiger partial charge in [0, 0.05) is 12.3 Å². The maximum atomic E-state index is 5.69. The van der Waals surface area contributed by atoms with E-state index in [0.717, 1.165) is 18.6 Å². The van der Waals surface area contributed by atoms with Crippen LogP contribution < -0.4 is 4.74 Å². The summed E-state index contributed by atoms with van der Waals surface area (Å²) in [4.78, 5) is 0. The van der Waals surface area contributed by atoms with Crippen LogP contribution in [0.3, 0.4) is 0 Å². The quantitative estimate of drug-likeness (QED) is 0.783. The van der Waals surface area contributed by atoms with Crippen LogP contribution in [0.2, 0.25) is 0 Å². The Balaban J connectivity index is 2.21. The lowest BCUT2D eigenvalue weighted by Crippen LogP contribution is -1.93. The minimum Gasteiger partial charge on any atom is -0.437 e. The molecule has 0 spiro atoms. The van der Waals surface area contributed by atoms with Gasteiger partial charge in [-0.3, -0.25) is 0 Å². The zero-order valence-corrected chi connectivity index (χ0v) is 9.26. The molecule has 0 amide bonds. The average molecular weight is 214 g/mol. The highest BCUT2D eigenvalue weighted by atomic mass is 16.5. The van der Waals surface area contributed by atoms with Gasteiger partial charge in [0.25, 0.3) is 0 Å². The summed E-state index contributed by atoms with van der Waals surface area (Å²) < 4.78 is 5.69. The Kier molecular flexibility index (Phi) is 3.49. The lowest BCUT2D eigenvalue weighted by atomic mass is 10.1. The van der Waals surface area contributed by atoms with Crippen molar-refractivity contribution in [2.24, 2.45) is 0 Å². The first kappa shape index (κ1) is 10.6. The van der Waals surface area contributed by atoms with Crippen LogP contribution in [0.4, 0.5) is 0 Å². The van der Waals surface area contributed by atoms with Crippen molar-refractivity contribution in [1.29, 1.82) is 0 Å². The molecule has 0 atom stereocenters. The largest absolute Gasteiger partial charge is 0.437 e. The molecule has 1 aromatic carbocycles. The molecule has 1 heterocycles. The van der Waals surface area contributed by atoms with Crippen molar-refractivity contribution in [3.63, 3.8) is 0 Å². The van der Waals surface area contributed by atoms with Crippen LogP contribution in [0.25, 0.3) is 0 Å². The van der Waals surface area contributed by atoms with E-state index in [-0.39, 0.29) is 0 Å². The Morgan fingerprint density at radius 2 is 2.00 bits per heavy atom. The zero-order valence-electron chi connectivity index (χ0n) is 9.26. The van der Waals surface area contributed by atoms with E-state index in [1.54, 1.807) is 12.3 Å². The van der Waals surface area contributed by atoms with Crippen LogP contribution in [0.5, 0.6) is 11.6 Å². The average Bonchev–Trinajstić information content (AvgIpc) is 2.33. The first-order chi connectivity index (χ1) is 7.90. The fourth-order valence-corrected chi connectivity index (χ4v) is 1.53. The van der Waals surface area contributed by atoms with Crippen molar-refractivity contribution in [1.82, 2.24) is 10.2 Å². The van der Waals surface area contributed by atoms with Crippen molar-refractivity contribution in [3.8, 4) is 11.6 Å². The molecule has 0 radical (unpaired) electrons. The maximum absolute atomic E-state index is 5.69. The summed E-state index contributed by atoms with van der Waals surface area (Å²) in [5.74, 6) is 1.40. The summed E-state index contributed by atoms with van der Waals surface area (Å²) in [5.41, 5.74) is 1.20. The highest BCUT2D eigenvalue weighted by Gasteiger charge is 2.03. The van der Waals surface area contributed by atoms with Gasteiger partial charge in [0.15, 0.2) is 0 Å². The maximum Gasteiger partial charge on any atom is 0.238 e. The third-order valence-electron chi connectivity index (χ3n) is 2.25. The van der Waals surface area contributed by atoms with Crippen LogP contribution in [0.15, 0.2) is 42.6 Å². The monoisotopic (exact) mass is 214 g/mol. The van der Waals surface area contributed by atoms with Crippen LogP contribution >= 0.6 is 0 Å². The molecule has 0 fully saturated rings. The number of rotatable bonds is 4. The summed E-state index contributed by atoms with van der Waals surface area (Å²) in [6, 6.07) is 11.6. The van der Waals surface area contributed by atoms with E-state index >= 15 is 0 Å². The Bertz CT molecular complexity index is 443. The van der Waals surface area contributed by atoms with Crippen molar-refractivity contribution in [3.05, 3.63) is 48.2 Å². The second-order valence-corrected chi connectivity index (χ2v) is 3.52. The van der Waals surface area contributed by atoms with Gasteiger partial charge in [-0.2, -0.15) is 5.10 Å². The Hall–Kier alpha value is -1.90. The van der Waals surface area contributed by atoms with Crippen LogP contribution in [-0.4, -0.2) is 10.2 Å².